The third kappa shape index (κ3) is 6.81. The number of likely N-dealkylation sites (tertiary alicyclic amines) is 1. The summed E-state index contributed by atoms with van der Waals surface area (Å²) in [6.45, 7) is 1.50. The van der Waals surface area contributed by atoms with Crippen LogP contribution in [-0.4, -0.2) is 61.6 Å². The van der Waals surface area contributed by atoms with Gasteiger partial charge in [-0.2, -0.15) is 13.2 Å². The Morgan fingerprint density at radius 2 is 1.78 bits per heavy atom. The van der Waals surface area contributed by atoms with Gasteiger partial charge < -0.3 is 20.3 Å². The number of fused-ring (bicyclic) bond motifs is 1. The van der Waals surface area contributed by atoms with Crippen molar-refractivity contribution in [2.45, 2.75) is 37.5 Å². The molecule has 2 heterocycles. The van der Waals surface area contributed by atoms with Crippen molar-refractivity contribution in [2.24, 2.45) is 0 Å². The maximum atomic E-state index is 12.7. The molecule has 1 atom stereocenters. The quantitative estimate of drug-likeness (QED) is 0.567. The molecule has 2 N–H and O–H groups in total. The highest BCUT2D eigenvalue weighted by Gasteiger charge is 2.42. The predicted octanol–water partition coefficient (Wildman–Crippen LogP) is 3.77. The van der Waals surface area contributed by atoms with Crippen LogP contribution in [0.3, 0.4) is 0 Å². The van der Waals surface area contributed by atoms with Gasteiger partial charge >= 0.3 is 12.1 Å². The number of alkyl halides is 3. The highest BCUT2D eigenvalue weighted by Crippen LogP contribution is 2.30. The molecule has 11 heteroatoms. The van der Waals surface area contributed by atoms with Gasteiger partial charge in [-0.05, 0) is 72.7 Å². The zero-order valence-corrected chi connectivity index (χ0v) is 20.7. The molecule has 1 fully saturated rings. The number of rotatable bonds is 5. The molecule has 2 aliphatic rings. The van der Waals surface area contributed by atoms with E-state index in [0.29, 0.717) is 48.1 Å². The van der Waals surface area contributed by atoms with E-state index in [9.17, 15) is 27.6 Å². The van der Waals surface area contributed by atoms with E-state index in [2.05, 4.69) is 15.4 Å². The number of piperidine rings is 1. The third-order valence-corrected chi connectivity index (χ3v) is 6.97. The maximum absolute atomic E-state index is 12.7. The van der Waals surface area contributed by atoms with E-state index in [-0.39, 0.29) is 24.6 Å². The first-order valence-electron chi connectivity index (χ1n) is 12.0. The van der Waals surface area contributed by atoms with Gasteiger partial charge in [0.15, 0.2) is 0 Å². The van der Waals surface area contributed by atoms with E-state index in [4.69, 9.17) is 11.6 Å². The monoisotopic (exact) mass is 537 g/mol. The molecule has 1 saturated heterocycles. The van der Waals surface area contributed by atoms with Crippen LogP contribution in [0.5, 0.6) is 0 Å². The van der Waals surface area contributed by atoms with Gasteiger partial charge in [0.05, 0.1) is 6.54 Å². The summed E-state index contributed by atoms with van der Waals surface area (Å²) in [6.07, 6.45) is -4.14. The summed E-state index contributed by atoms with van der Waals surface area (Å²) < 4.78 is 42.7. The zero-order valence-electron chi connectivity index (χ0n) is 19.9. The Balaban J connectivity index is 1.32. The van der Waals surface area contributed by atoms with Gasteiger partial charge in [0, 0.05) is 30.2 Å². The summed E-state index contributed by atoms with van der Waals surface area (Å²) >= 11 is 5.96. The van der Waals surface area contributed by atoms with Crippen LogP contribution >= 0.6 is 11.6 Å². The fourth-order valence-corrected chi connectivity index (χ4v) is 4.84. The molecular formula is C26H27ClF3N3O4. The second-order valence-corrected chi connectivity index (χ2v) is 9.59. The molecule has 4 rings (SSSR count). The van der Waals surface area contributed by atoms with Crippen molar-refractivity contribution < 1.29 is 32.3 Å². The molecule has 198 valence electrons. The molecule has 0 spiro atoms. The lowest BCUT2D eigenvalue weighted by Crippen LogP contribution is -2.43. The van der Waals surface area contributed by atoms with E-state index < -0.39 is 24.2 Å². The van der Waals surface area contributed by atoms with Crippen molar-refractivity contribution in [3.8, 4) is 0 Å². The second kappa shape index (κ2) is 11.5. The van der Waals surface area contributed by atoms with Gasteiger partial charge in [-0.1, -0.05) is 29.8 Å². The smallest absolute Gasteiger partial charge is 0.449 e. The van der Waals surface area contributed by atoms with E-state index in [0.717, 1.165) is 12.8 Å². The van der Waals surface area contributed by atoms with Crippen LogP contribution in [0.1, 0.15) is 51.9 Å². The minimum Gasteiger partial charge on any atom is -0.449 e. The number of carbonyl (C=O) groups excluding carboxylic acids is 3. The van der Waals surface area contributed by atoms with Crippen LogP contribution < -0.4 is 10.6 Å². The normalized spacial score (nSPS) is 18.5. The summed E-state index contributed by atoms with van der Waals surface area (Å²) in [5, 5.41) is 6.26. The molecule has 0 aromatic heterocycles. The molecule has 0 saturated carbocycles. The van der Waals surface area contributed by atoms with E-state index in [1.807, 2.05) is 24.3 Å². The Bertz CT molecular complexity index is 1150. The number of halogens is 4. The molecule has 1 unspecified atom stereocenters. The average molecular weight is 538 g/mol. The van der Waals surface area contributed by atoms with E-state index >= 15 is 0 Å². The number of benzene rings is 2. The van der Waals surface area contributed by atoms with Crippen molar-refractivity contribution in [1.29, 1.82) is 0 Å². The van der Waals surface area contributed by atoms with Gasteiger partial charge in [-0.15, -0.1) is 0 Å². The van der Waals surface area contributed by atoms with Crippen LogP contribution in [0.2, 0.25) is 5.02 Å². The number of hydrogen-bond donors (Lipinski definition) is 2. The molecule has 2 aromatic rings. The number of esters is 1. The molecule has 37 heavy (non-hydrogen) atoms. The van der Waals surface area contributed by atoms with E-state index in [1.54, 1.807) is 11.0 Å². The Hall–Kier alpha value is -3.11. The molecule has 2 amide bonds. The fourth-order valence-electron chi connectivity index (χ4n) is 4.71. The van der Waals surface area contributed by atoms with Gasteiger partial charge in [-0.3, -0.25) is 9.59 Å². The fraction of sp³-hybridized carbons (Fsp3) is 0.423. The van der Waals surface area contributed by atoms with Crippen LogP contribution in [0.25, 0.3) is 0 Å². The number of nitrogens with zero attached hydrogens (tertiary/aromatic N) is 1. The molecular weight excluding hydrogens is 511 g/mol. The number of amides is 2. The second-order valence-electron chi connectivity index (χ2n) is 9.15. The van der Waals surface area contributed by atoms with Crippen LogP contribution in [-0.2, 0) is 20.7 Å². The number of carbonyl (C=O) groups is 3. The lowest BCUT2D eigenvalue weighted by atomic mass is 9.89. The summed E-state index contributed by atoms with van der Waals surface area (Å²) in [4.78, 5) is 38.5. The third-order valence-electron chi connectivity index (χ3n) is 6.72. The van der Waals surface area contributed by atoms with Crippen molar-refractivity contribution >= 4 is 29.4 Å². The zero-order chi connectivity index (χ0) is 26.6. The van der Waals surface area contributed by atoms with E-state index in [1.165, 1.54) is 17.7 Å². The highest BCUT2D eigenvalue weighted by atomic mass is 35.5. The Morgan fingerprint density at radius 3 is 2.46 bits per heavy atom. The Morgan fingerprint density at radius 1 is 1.08 bits per heavy atom. The minimum absolute atomic E-state index is 0.0313. The van der Waals surface area contributed by atoms with Gasteiger partial charge in [0.25, 0.3) is 5.91 Å². The van der Waals surface area contributed by atoms with Gasteiger partial charge in [0.1, 0.15) is 6.10 Å². The van der Waals surface area contributed by atoms with Crippen LogP contribution in [0, 0.1) is 0 Å². The topological polar surface area (TPSA) is 87.7 Å². The van der Waals surface area contributed by atoms with Crippen LogP contribution in [0.15, 0.2) is 42.5 Å². The summed E-state index contributed by atoms with van der Waals surface area (Å²) in [5.74, 6) is -2.55. The number of hydrogen-bond acceptors (Lipinski definition) is 5. The molecule has 2 aliphatic heterocycles. The van der Waals surface area contributed by atoms with Crippen molar-refractivity contribution in [2.75, 3.05) is 32.7 Å². The van der Waals surface area contributed by atoms with Gasteiger partial charge in [-0.25, -0.2) is 4.79 Å². The van der Waals surface area contributed by atoms with Gasteiger partial charge in [0.2, 0.25) is 5.91 Å². The maximum Gasteiger partial charge on any atom is 0.490 e. The van der Waals surface area contributed by atoms with Crippen molar-refractivity contribution in [1.82, 2.24) is 15.5 Å². The lowest BCUT2D eigenvalue weighted by Gasteiger charge is -2.32. The minimum atomic E-state index is -5.09. The predicted molar refractivity (Wildman–Crippen MR) is 130 cm³/mol. The summed E-state index contributed by atoms with van der Waals surface area (Å²) in [7, 11) is 0. The standard InChI is InChI=1S/C26H27ClF3N3O4/c27-20-4-1-16(2-5-20)17-8-11-33(12-9-17)23(34)15-32-24(35)19-3-6-21-18(13-19)7-10-31-14-22(21)37-25(36)26(28,29)30/h1-6,13,17,22,31H,7-12,14-15H2,(H,32,35). The summed E-state index contributed by atoms with van der Waals surface area (Å²) in [5.41, 5.74) is 2.49. The average Bonchev–Trinajstić information content (AvgIpc) is 3.08. The molecule has 0 bridgehead atoms. The molecule has 0 aliphatic carbocycles. The molecule has 0 radical (unpaired) electrons. The first kappa shape index (κ1) is 26.9. The highest BCUT2D eigenvalue weighted by molar-refractivity contribution is 6.30. The number of ether oxygens (including phenoxy) is 1. The molecule has 2 aromatic carbocycles. The van der Waals surface area contributed by atoms with Crippen LogP contribution in [0.4, 0.5) is 13.2 Å². The number of nitrogens with one attached hydrogen (secondary N) is 2. The first-order chi connectivity index (χ1) is 17.6. The SMILES string of the molecule is O=C(NCC(=O)N1CCC(c2ccc(Cl)cc2)CC1)c1ccc2c(c1)CCNCC2OC(=O)C(F)(F)F. The lowest BCUT2D eigenvalue weighted by molar-refractivity contribution is -0.205. The Labute approximate surface area is 217 Å². The van der Waals surface area contributed by atoms with Crippen molar-refractivity contribution in [3.63, 3.8) is 0 Å². The largest absolute Gasteiger partial charge is 0.490 e. The Kier molecular flexibility index (Phi) is 8.39. The summed E-state index contributed by atoms with van der Waals surface area (Å²) in [6, 6.07) is 12.2. The molecule has 7 nitrogen and oxygen atoms in total. The van der Waals surface area contributed by atoms with Crippen molar-refractivity contribution in [3.05, 3.63) is 69.7 Å². The first-order valence-corrected chi connectivity index (χ1v) is 12.4.